The Morgan fingerprint density at radius 3 is 2.40 bits per heavy atom. The van der Waals surface area contributed by atoms with Gasteiger partial charge in [0.05, 0.1) is 13.2 Å². The van der Waals surface area contributed by atoms with Crippen LogP contribution >= 0.6 is 0 Å². The Hall–Kier alpha value is -3.47. The van der Waals surface area contributed by atoms with Gasteiger partial charge in [0, 0.05) is 17.4 Å². The van der Waals surface area contributed by atoms with E-state index in [1.807, 2.05) is 78.9 Å². The van der Waals surface area contributed by atoms with Gasteiger partial charge >= 0.3 is 0 Å². The van der Waals surface area contributed by atoms with Crippen LogP contribution in [0.4, 0.5) is 11.4 Å². The van der Waals surface area contributed by atoms with Crippen LogP contribution in [-0.4, -0.2) is 19.1 Å². The molecule has 0 unspecified atom stereocenters. The Morgan fingerprint density at radius 2 is 1.63 bits per heavy atom. The molecule has 156 valence electrons. The number of benzene rings is 3. The van der Waals surface area contributed by atoms with E-state index >= 15 is 0 Å². The summed E-state index contributed by atoms with van der Waals surface area (Å²) in [7, 11) is 0. The van der Waals surface area contributed by atoms with Gasteiger partial charge < -0.3 is 20.1 Å². The number of unbranched alkanes of at least 4 members (excludes halogenated alkanes) is 1. The molecule has 0 aliphatic rings. The number of anilines is 2. The highest BCUT2D eigenvalue weighted by molar-refractivity contribution is 5.93. The number of ether oxygens (including phenoxy) is 2. The molecule has 2 N–H and O–H groups in total. The van der Waals surface area contributed by atoms with Gasteiger partial charge in [-0.3, -0.25) is 4.79 Å². The second-order valence-electron chi connectivity index (χ2n) is 6.93. The maximum atomic E-state index is 12.2. The van der Waals surface area contributed by atoms with Crippen LogP contribution in [0.3, 0.4) is 0 Å². The largest absolute Gasteiger partial charge is 0.494 e. The monoisotopic (exact) mass is 404 g/mol. The van der Waals surface area contributed by atoms with Crippen molar-refractivity contribution in [3.63, 3.8) is 0 Å². The maximum Gasteiger partial charge on any atom is 0.243 e. The van der Waals surface area contributed by atoms with Crippen molar-refractivity contribution in [3.05, 3.63) is 84.4 Å². The highest BCUT2D eigenvalue weighted by atomic mass is 16.5. The lowest BCUT2D eigenvalue weighted by atomic mass is 10.2. The van der Waals surface area contributed by atoms with Crippen molar-refractivity contribution in [2.24, 2.45) is 0 Å². The minimum absolute atomic E-state index is 0.120. The molecule has 0 aliphatic heterocycles. The first-order valence-corrected chi connectivity index (χ1v) is 10.3. The van der Waals surface area contributed by atoms with E-state index in [2.05, 4.69) is 17.6 Å². The summed E-state index contributed by atoms with van der Waals surface area (Å²) in [4.78, 5) is 12.2. The minimum atomic E-state index is -0.120. The van der Waals surface area contributed by atoms with Crippen LogP contribution in [-0.2, 0) is 11.4 Å². The zero-order valence-corrected chi connectivity index (χ0v) is 17.3. The van der Waals surface area contributed by atoms with Gasteiger partial charge in [-0.15, -0.1) is 0 Å². The molecule has 5 heteroatoms. The van der Waals surface area contributed by atoms with E-state index in [4.69, 9.17) is 9.47 Å². The van der Waals surface area contributed by atoms with Gasteiger partial charge in [-0.05, 0) is 48.4 Å². The van der Waals surface area contributed by atoms with Crippen LogP contribution in [0.5, 0.6) is 11.5 Å². The van der Waals surface area contributed by atoms with Gasteiger partial charge in [0.15, 0.2) is 0 Å². The third-order valence-corrected chi connectivity index (χ3v) is 4.44. The molecule has 0 bridgehead atoms. The lowest BCUT2D eigenvalue weighted by Crippen LogP contribution is -2.21. The quantitative estimate of drug-likeness (QED) is 0.415. The van der Waals surface area contributed by atoms with Crippen LogP contribution < -0.4 is 20.1 Å². The first-order chi connectivity index (χ1) is 14.7. The molecule has 0 atom stereocenters. The number of carbonyl (C=O) groups excluding carboxylic acids is 1. The van der Waals surface area contributed by atoms with Crippen molar-refractivity contribution in [1.82, 2.24) is 0 Å². The topological polar surface area (TPSA) is 59.6 Å². The second kappa shape index (κ2) is 11.5. The predicted octanol–water partition coefficient (Wildman–Crippen LogP) is 5.50. The van der Waals surface area contributed by atoms with E-state index in [0.29, 0.717) is 13.2 Å². The van der Waals surface area contributed by atoms with E-state index in [0.717, 1.165) is 41.3 Å². The van der Waals surface area contributed by atoms with Crippen molar-refractivity contribution in [2.45, 2.75) is 26.4 Å². The summed E-state index contributed by atoms with van der Waals surface area (Å²) in [6.45, 7) is 3.51. The average Bonchev–Trinajstić information content (AvgIpc) is 2.78. The Labute approximate surface area is 178 Å². The summed E-state index contributed by atoms with van der Waals surface area (Å²) >= 11 is 0. The molecule has 3 aromatic carbocycles. The first-order valence-electron chi connectivity index (χ1n) is 10.3. The van der Waals surface area contributed by atoms with E-state index < -0.39 is 0 Å². The number of hydrogen-bond donors (Lipinski definition) is 2. The molecule has 0 saturated heterocycles. The number of carbonyl (C=O) groups is 1. The fourth-order valence-electron chi connectivity index (χ4n) is 2.79. The van der Waals surface area contributed by atoms with Crippen molar-refractivity contribution < 1.29 is 14.3 Å². The molecule has 30 heavy (non-hydrogen) atoms. The van der Waals surface area contributed by atoms with Crippen LogP contribution in [0, 0.1) is 0 Å². The molecular formula is C25H28N2O3. The van der Waals surface area contributed by atoms with Gasteiger partial charge in [-0.1, -0.05) is 49.7 Å². The van der Waals surface area contributed by atoms with E-state index in [1.165, 1.54) is 0 Å². The maximum absolute atomic E-state index is 12.2. The molecular weight excluding hydrogens is 376 g/mol. The predicted molar refractivity (Wildman–Crippen MR) is 121 cm³/mol. The van der Waals surface area contributed by atoms with E-state index in [9.17, 15) is 4.79 Å². The molecule has 3 aromatic rings. The molecule has 0 radical (unpaired) electrons. The summed E-state index contributed by atoms with van der Waals surface area (Å²) in [5.41, 5.74) is 2.69. The molecule has 0 fully saturated rings. The fourth-order valence-corrected chi connectivity index (χ4v) is 2.79. The molecule has 3 rings (SSSR count). The normalized spacial score (nSPS) is 10.3. The van der Waals surface area contributed by atoms with Gasteiger partial charge in [-0.2, -0.15) is 0 Å². The summed E-state index contributed by atoms with van der Waals surface area (Å²) in [5.74, 6) is 1.44. The summed E-state index contributed by atoms with van der Waals surface area (Å²) in [6.07, 6.45) is 2.12. The first kappa shape index (κ1) is 21.2. The molecule has 0 saturated carbocycles. The molecule has 1 amide bonds. The Morgan fingerprint density at radius 1 is 0.833 bits per heavy atom. The molecule has 0 heterocycles. The SMILES string of the molecule is CCCCOc1cccc(NCC(=O)Nc2ccc(OCc3ccccc3)cc2)c1. The number of rotatable bonds is 11. The molecule has 0 aliphatic carbocycles. The van der Waals surface area contributed by atoms with Crippen molar-refractivity contribution in [3.8, 4) is 11.5 Å². The van der Waals surface area contributed by atoms with Gasteiger partial charge in [-0.25, -0.2) is 0 Å². The zero-order valence-electron chi connectivity index (χ0n) is 17.3. The van der Waals surface area contributed by atoms with Gasteiger partial charge in [0.25, 0.3) is 0 Å². The van der Waals surface area contributed by atoms with Crippen LogP contribution in [0.1, 0.15) is 25.3 Å². The molecule has 0 spiro atoms. The fraction of sp³-hybridized carbons (Fsp3) is 0.240. The lowest BCUT2D eigenvalue weighted by molar-refractivity contribution is -0.114. The smallest absolute Gasteiger partial charge is 0.243 e. The van der Waals surface area contributed by atoms with Gasteiger partial charge in [0.1, 0.15) is 18.1 Å². The van der Waals surface area contributed by atoms with Gasteiger partial charge in [0.2, 0.25) is 5.91 Å². The highest BCUT2D eigenvalue weighted by Crippen LogP contribution is 2.19. The third-order valence-electron chi connectivity index (χ3n) is 4.44. The zero-order chi connectivity index (χ0) is 21.0. The Balaban J connectivity index is 1.43. The van der Waals surface area contributed by atoms with Crippen molar-refractivity contribution in [2.75, 3.05) is 23.8 Å². The van der Waals surface area contributed by atoms with E-state index in [-0.39, 0.29) is 12.5 Å². The van der Waals surface area contributed by atoms with Crippen LogP contribution in [0.25, 0.3) is 0 Å². The standard InChI is InChI=1S/C25H28N2O3/c1-2-3-16-29-24-11-7-10-22(17-24)26-18-25(28)27-21-12-14-23(15-13-21)30-19-20-8-5-4-6-9-20/h4-15,17,26H,2-3,16,18-19H2,1H3,(H,27,28). The van der Waals surface area contributed by atoms with Crippen LogP contribution in [0.15, 0.2) is 78.9 Å². The number of hydrogen-bond acceptors (Lipinski definition) is 4. The second-order valence-corrected chi connectivity index (χ2v) is 6.93. The van der Waals surface area contributed by atoms with Crippen LogP contribution in [0.2, 0.25) is 0 Å². The van der Waals surface area contributed by atoms with Crippen molar-refractivity contribution >= 4 is 17.3 Å². The molecule has 5 nitrogen and oxygen atoms in total. The summed E-state index contributed by atoms with van der Waals surface area (Å²) in [5, 5.41) is 6.01. The highest BCUT2D eigenvalue weighted by Gasteiger charge is 2.04. The third kappa shape index (κ3) is 7.17. The minimum Gasteiger partial charge on any atom is -0.494 e. The Bertz CT molecular complexity index is 911. The number of amides is 1. The number of nitrogens with one attached hydrogen (secondary N) is 2. The summed E-state index contributed by atoms with van der Waals surface area (Å²) < 4.78 is 11.5. The van der Waals surface area contributed by atoms with Crippen molar-refractivity contribution in [1.29, 1.82) is 0 Å². The molecule has 0 aromatic heterocycles. The average molecular weight is 405 g/mol. The lowest BCUT2D eigenvalue weighted by Gasteiger charge is -2.11. The Kier molecular flexibility index (Phi) is 8.15. The summed E-state index contributed by atoms with van der Waals surface area (Å²) in [6, 6.07) is 25.0. The van der Waals surface area contributed by atoms with E-state index in [1.54, 1.807) is 0 Å².